The molecule has 2 amide bonds. The zero-order chi connectivity index (χ0) is 14.0. The molecule has 0 aromatic carbocycles. The van der Waals surface area contributed by atoms with Crippen molar-refractivity contribution in [2.75, 3.05) is 6.54 Å². The average Bonchev–Trinajstić information content (AvgIpc) is 2.97. The zero-order valence-corrected chi connectivity index (χ0v) is 11.8. The molecule has 0 heterocycles. The summed E-state index contributed by atoms with van der Waals surface area (Å²) in [6.07, 6.45) is 4.92. The topological polar surface area (TPSA) is 84.2 Å². The second-order valence-electron chi connectivity index (χ2n) is 6.34. The van der Waals surface area contributed by atoms with Gasteiger partial charge in [-0.2, -0.15) is 0 Å². The Morgan fingerprint density at radius 3 is 2.53 bits per heavy atom. The molecule has 2 aliphatic carbocycles. The quantitative estimate of drug-likeness (QED) is 0.674. The van der Waals surface area contributed by atoms with Gasteiger partial charge in [0.15, 0.2) is 0 Å². The highest BCUT2D eigenvalue weighted by Gasteiger charge is 2.40. The maximum absolute atomic E-state index is 11.8. The van der Waals surface area contributed by atoms with Crippen LogP contribution in [0.25, 0.3) is 0 Å². The van der Waals surface area contributed by atoms with E-state index in [2.05, 4.69) is 10.6 Å². The summed E-state index contributed by atoms with van der Waals surface area (Å²) in [5.74, 6) is 1.19. The minimum atomic E-state index is -0.546. The summed E-state index contributed by atoms with van der Waals surface area (Å²) in [5.41, 5.74) is 5.72. The number of nitrogens with one attached hydrogen (secondary N) is 2. The third-order valence-corrected chi connectivity index (χ3v) is 4.53. The number of carbonyl (C=O) groups excluding carboxylic acids is 2. The summed E-state index contributed by atoms with van der Waals surface area (Å²) in [6, 6.07) is -0.225. The van der Waals surface area contributed by atoms with E-state index < -0.39 is 6.04 Å². The van der Waals surface area contributed by atoms with Crippen LogP contribution in [-0.2, 0) is 9.59 Å². The van der Waals surface area contributed by atoms with Gasteiger partial charge in [-0.1, -0.05) is 20.3 Å². The molecule has 4 atom stereocenters. The molecule has 19 heavy (non-hydrogen) atoms. The monoisotopic (exact) mass is 267 g/mol. The number of rotatable bonds is 5. The molecule has 2 saturated carbocycles. The van der Waals surface area contributed by atoms with Crippen molar-refractivity contribution >= 4 is 11.8 Å². The van der Waals surface area contributed by atoms with Crippen molar-refractivity contribution in [3.63, 3.8) is 0 Å². The van der Waals surface area contributed by atoms with E-state index in [0.29, 0.717) is 12.0 Å². The molecular formula is C14H25N3O2. The van der Waals surface area contributed by atoms with Crippen molar-refractivity contribution in [2.45, 2.75) is 51.6 Å². The van der Waals surface area contributed by atoms with Crippen molar-refractivity contribution in [1.29, 1.82) is 0 Å². The van der Waals surface area contributed by atoms with E-state index in [0.717, 1.165) is 12.3 Å². The first-order valence-corrected chi connectivity index (χ1v) is 7.30. The van der Waals surface area contributed by atoms with Gasteiger partial charge < -0.3 is 16.4 Å². The van der Waals surface area contributed by atoms with Crippen molar-refractivity contribution in [1.82, 2.24) is 10.6 Å². The van der Waals surface area contributed by atoms with Crippen molar-refractivity contribution < 1.29 is 9.59 Å². The minimum absolute atomic E-state index is 0.0349. The molecule has 5 nitrogen and oxygen atoms in total. The number of carbonyl (C=O) groups is 2. The number of hydrogen-bond donors (Lipinski definition) is 3. The molecule has 0 aliphatic heterocycles. The Kier molecular flexibility index (Phi) is 4.45. The lowest BCUT2D eigenvalue weighted by Gasteiger charge is -2.23. The molecule has 4 N–H and O–H groups in total. The van der Waals surface area contributed by atoms with Gasteiger partial charge in [-0.3, -0.25) is 9.59 Å². The van der Waals surface area contributed by atoms with E-state index in [-0.39, 0.29) is 24.3 Å². The molecule has 2 bridgehead atoms. The van der Waals surface area contributed by atoms with Crippen LogP contribution in [-0.4, -0.2) is 30.4 Å². The molecule has 2 aliphatic rings. The Morgan fingerprint density at radius 2 is 2.00 bits per heavy atom. The summed E-state index contributed by atoms with van der Waals surface area (Å²) in [5, 5.41) is 5.64. The van der Waals surface area contributed by atoms with Gasteiger partial charge in [0.05, 0.1) is 12.6 Å². The summed E-state index contributed by atoms with van der Waals surface area (Å²) < 4.78 is 0. The lowest BCUT2D eigenvalue weighted by molar-refractivity contribution is -0.127. The number of hydrogen-bond acceptors (Lipinski definition) is 3. The Balaban J connectivity index is 1.69. The fourth-order valence-electron chi connectivity index (χ4n) is 3.27. The molecule has 0 aromatic rings. The van der Waals surface area contributed by atoms with Crippen molar-refractivity contribution in [3.8, 4) is 0 Å². The lowest BCUT2D eigenvalue weighted by Crippen LogP contribution is -2.49. The maximum atomic E-state index is 11.8. The highest BCUT2D eigenvalue weighted by atomic mass is 16.2. The number of nitrogens with two attached hydrogens (primary N) is 1. The predicted octanol–water partition coefficient (Wildman–Crippen LogP) is 0.391. The van der Waals surface area contributed by atoms with Crippen LogP contribution in [0.2, 0.25) is 0 Å². The van der Waals surface area contributed by atoms with Crippen LogP contribution in [0, 0.1) is 17.8 Å². The van der Waals surface area contributed by atoms with Crippen LogP contribution in [0.15, 0.2) is 0 Å². The van der Waals surface area contributed by atoms with Crippen LogP contribution in [0.5, 0.6) is 0 Å². The van der Waals surface area contributed by atoms with E-state index >= 15 is 0 Å². The molecule has 2 rings (SSSR count). The minimum Gasteiger partial charge on any atom is -0.352 e. The number of amides is 2. The van der Waals surface area contributed by atoms with Crippen LogP contribution in [0.1, 0.15) is 39.5 Å². The van der Waals surface area contributed by atoms with Gasteiger partial charge in [-0.15, -0.1) is 0 Å². The largest absolute Gasteiger partial charge is 0.352 e. The molecule has 0 spiro atoms. The number of fused-ring (bicyclic) bond motifs is 2. The van der Waals surface area contributed by atoms with E-state index in [1.54, 1.807) is 0 Å². The zero-order valence-electron chi connectivity index (χ0n) is 11.8. The fourth-order valence-corrected chi connectivity index (χ4v) is 3.27. The molecule has 0 radical (unpaired) electrons. The molecule has 0 aromatic heterocycles. The maximum Gasteiger partial charge on any atom is 0.239 e. The summed E-state index contributed by atoms with van der Waals surface area (Å²) in [7, 11) is 0. The summed E-state index contributed by atoms with van der Waals surface area (Å²) >= 11 is 0. The highest BCUT2D eigenvalue weighted by Crippen LogP contribution is 2.44. The normalized spacial score (nSPS) is 30.4. The van der Waals surface area contributed by atoms with Gasteiger partial charge in [-0.25, -0.2) is 0 Å². The molecular weight excluding hydrogens is 242 g/mol. The Bertz CT molecular complexity index is 357. The molecule has 108 valence electrons. The summed E-state index contributed by atoms with van der Waals surface area (Å²) in [6.45, 7) is 3.81. The van der Waals surface area contributed by atoms with Gasteiger partial charge in [0.2, 0.25) is 11.8 Å². The van der Waals surface area contributed by atoms with E-state index in [9.17, 15) is 9.59 Å². The Hall–Kier alpha value is -1.10. The fraction of sp³-hybridized carbons (Fsp3) is 0.857. The van der Waals surface area contributed by atoms with Crippen molar-refractivity contribution in [3.05, 3.63) is 0 Å². The Morgan fingerprint density at radius 1 is 1.26 bits per heavy atom. The van der Waals surface area contributed by atoms with E-state index in [1.807, 2.05) is 13.8 Å². The second-order valence-corrected chi connectivity index (χ2v) is 6.34. The standard InChI is InChI=1S/C14H25N3O2/c1-8(2)13(15)14(19)16-7-12(18)17-11-6-9-3-4-10(11)5-9/h8-11,13H,3-7,15H2,1-2H3,(H,16,19)(H,17,18)/t9?,10?,11?,13-/m0/s1. The lowest BCUT2D eigenvalue weighted by atomic mass is 9.95. The third kappa shape index (κ3) is 3.47. The Labute approximate surface area is 114 Å². The van der Waals surface area contributed by atoms with Crippen molar-refractivity contribution in [2.24, 2.45) is 23.5 Å². The van der Waals surface area contributed by atoms with Gasteiger partial charge >= 0.3 is 0 Å². The first kappa shape index (κ1) is 14.3. The van der Waals surface area contributed by atoms with Gasteiger partial charge in [-0.05, 0) is 37.0 Å². The molecule has 2 fully saturated rings. The predicted molar refractivity (Wildman–Crippen MR) is 73.2 cm³/mol. The molecule has 3 unspecified atom stereocenters. The van der Waals surface area contributed by atoms with Crippen LogP contribution in [0.4, 0.5) is 0 Å². The van der Waals surface area contributed by atoms with Crippen LogP contribution in [0.3, 0.4) is 0 Å². The first-order chi connectivity index (χ1) is 8.97. The second kappa shape index (κ2) is 5.90. The van der Waals surface area contributed by atoms with E-state index in [1.165, 1.54) is 19.3 Å². The van der Waals surface area contributed by atoms with Gasteiger partial charge in [0.25, 0.3) is 0 Å². The average molecular weight is 267 g/mol. The molecule has 0 saturated heterocycles. The van der Waals surface area contributed by atoms with Gasteiger partial charge in [0, 0.05) is 6.04 Å². The SMILES string of the molecule is CC(C)[C@H](N)C(=O)NCC(=O)NC1CC2CCC1C2. The third-order valence-electron chi connectivity index (χ3n) is 4.53. The highest BCUT2D eigenvalue weighted by molar-refractivity contribution is 5.87. The van der Waals surface area contributed by atoms with Crippen LogP contribution < -0.4 is 16.4 Å². The van der Waals surface area contributed by atoms with E-state index in [4.69, 9.17) is 5.73 Å². The van der Waals surface area contributed by atoms with Gasteiger partial charge in [0.1, 0.15) is 0 Å². The smallest absolute Gasteiger partial charge is 0.239 e. The van der Waals surface area contributed by atoms with Crippen LogP contribution >= 0.6 is 0 Å². The summed E-state index contributed by atoms with van der Waals surface area (Å²) in [4.78, 5) is 23.4. The first-order valence-electron chi connectivity index (χ1n) is 7.30. The molecule has 5 heteroatoms.